The minimum absolute atomic E-state index is 0.265. The van der Waals surface area contributed by atoms with Crippen molar-refractivity contribution in [3.63, 3.8) is 0 Å². The molecule has 0 aliphatic rings. The number of carbonyl (C=O) groups is 1. The van der Waals surface area contributed by atoms with Gasteiger partial charge in [0, 0.05) is 22.9 Å². The zero-order valence-electron chi connectivity index (χ0n) is 10.7. The van der Waals surface area contributed by atoms with E-state index in [9.17, 15) is 4.79 Å². The van der Waals surface area contributed by atoms with Crippen LogP contribution in [0.1, 0.15) is 15.9 Å². The summed E-state index contributed by atoms with van der Waals surface area (Å²) in [5.74, 6) is -0.934. The van der Waals surface area contributed by atoms with E-state index in [4.69, 9.17) is 5.11 Å². The Hall–Kier alpha value is -1.81. The Morgan fingerprint density at radius 2 is 1.68 bits per heavy atom. The van der Waals surface area contributed by atoms with Crippen molar-refractivity contribution in [2.45, 2.75) is 6.92 Å². The summed E-state index contributed by atoms with van der Waals surface area (Å²) in [4.78, 5) is 13.0. The van der Waals surface area contributed by atoms with Crippen LogP contribution >= 0.6 is 15.9 Å². The van der Waals surface area contributed by atoms with Gasteiger partial charge in [0.25, 0.3) is 0 Å². The molecule has 4 heteroatoms. The molecule has 0 unspecified atom stereocenters. The molecule has 0 bridgehead atoms. The monoisotopic (exact) mass is 319 g/mol. The molecule has 19 heavy (non-hydrogen) atoms. The van der Waals surface area contributed by atoms with Crippen LogP contribution in [0, 0.1) is 6.92 Å². The zero-order chi connectivity index (χ0) is 14.0. The first-order valence-corrected chi connectivity index (χ1v) is 6.61. The van der Waals surface area contributed by atoms with Crippen LogP contribution in [0.25, 0.3) is 0 Å². The number of rotatable bonds is 3. The summed E-state index contributed by atoms with van der Waals surface area (Å²) in [5.41, 5.74) is 3.46. The highest BCUT2D eigenvalue weighted by molar-refractivity contribution is 9.10. The molecule has 1 N–H and O–H groups in total. The number of nitrogens with zero attached hydrogens (tertiary/aromatic N) is 1. The van der Waals surface area contributed by atoms with Crippen molar-refractivity contribution in [1.29, 1.82) is 0 Å². The Bertz CT molecular complexity index is 608. The number of benzene rings is 2. The third-order valence-electron chi connectivity index (χ3n) is 2.99. The Kier molecular flexibility index (Phi) is 3.90. The molecule has 2 rings (SSSR count). The minimum Gasteiger partial charge on any atom is -0.478 e. The van der Waals surface area contributed by atoms with Gasteiger partial charge in [-0.05, 0) is 53.2 Å². The Balaban J connectivity index is 2.34. The van der Waals surface area contributed by atoms with Gasteiger partial charge in [-0.2, -0.15) is 0 Å². The van der Waals surface area contributed by atoms with E-state index in [1.54, 1.807) is 12.1 Å². The van der Waals surface area contributed by atoms with E-state index in [1.165, 1.54) is 5.56 Å². The molecule has 0 spiro atoms. The van der Waals surface area contributed by atoms with E-state index in [2.05, 4.69) is 15.9 Å². The van der Waals surface area contributed by atoms with Gasteiger partial charge < -0.3 is 10.0 Å². The van der Waals surface area contributed by atoms with Crippen molar-refractivity contribution >= 4 is 33.3 Å². The molecular weight excluding hydrogens is 306 g/mol. The van der Waals surface area contributed by atoms with Gasteiger partial charge in [-0.1, -0.05) is 17.7 Å². The van der Waals surface area contributed by atoms with Crippen LogP contribution in [0.3, 0.4) is 0 Å². The average molecular weight is 320 g/mol. The largest absolute Gasteiger partial charge is 0.478 e. The molecule has 2 aromatic rings. The number of hydrogen-bond acceptors (Lipinski definition) is 2. The van der Waals surface area contributed by atoms with Gasteiger partial charge in [0.05, 0.1) is 5.56 Å². The summed E-state index contributed by atoms with van der Waals surface area (Å²) >= 11 is 3.29. The smallest absolute Gasteiger partial charge is 0.336 e. The highest BCUT2D eigenvalue weighted by Crippen LogP contribution is 2.28. The Morgan fingerprint density at radius 3 is 2.21 bits per heavy atom. The lowest BCUT2D eigenvalue weighted by atomic mass is 10.1. The van der Waals surface area contributed by atoms with Crippen molar-refractivity contribution in [3.8, 4) is 0 Å². The van der Waals surface area contributed by atoms with Crippen molar-refractivity contribution in [1.82, 2.24) is 0 Å². The maximum atomic E-state index is 11.0. The first kappa shape index (κ1) is 13.6. The zero-order valence-corrected chi connectivity index (χ0v) is 12.3. The standard InChI is InChI=1S/C15H14BrNO2/c1-10-3-5-11(6-4-10)17(2)12-7-8-13(15(18)19)14(16)9-12/h3-9H,1-2H3,(H,18,19). The van der Waals surface area contributed by atoms with Crippen LogP contribution in [0.4, 0.5) is 11.4 Å². The SMILES string of the molecule is Cc1ccc(N(C)c2ccc(C(=O)O)c(Br)c2)cc1. The molecule has 3 nitrogen and oxygen atoms in total. The highest BCUT2D eigenvalue weighted by Gasteiger charge is 2.11. The normalized spacial score (nSPS) is 10.3. The average Bonchev–Trinajstić information content (AvgIpc) is 2.38. The Labute approximate surface area is 120 Å². The summed E-state index contributed by atoms with van der Waals surface area (Å²) in [6.45, 7) is 2.04. The van der Waals surface area contributed by atoms with E-state index in [-0.39, 0.29) is 5.56 Å². The van der Waals surface area contributed by atoms with Gasteiger partial charge in [0.1, 0.15) is 0 Å². The van der Waals surface area contributed by atoms with E-state index < -0.39 is 5.97 Å². The van der Waals surface area contributed by atoms with E-state index in [1.807, 2.05) is 49.2 Å². The quantitative estimate of drug-likeness (QED) is 0.920. The minimum atomic E-state index is -0.934. The molecule has 0 aliphatic heterocycles. The van der Waals surface area contributed by atoms with Gasteiger partial charge >= 0.3 is 5.97 Å². The lowest BCUT2D eigenvalue weighted by Gasteiger charge is -2.20. The maximum Gasteiger partial charge on any atom is 0.336 e. The fourth-order valence-corrected chi connectivity index (χ4v) is 2.34. The van der Waals surface area contributed by atoms with Crippen LogP contribution in [-0.2, 0) is 0 Å². The maximum absolute atomic E-state index is 11.0. The van der Waals surface area contributed by atoms with Crippen LogP contribution in [0.5, 0.6) is 0 Å². The number of aryl methyl sites for hydroxylation is 1. The van der Waals surface area contributed by atoms with Crippen LogP contribution in [0.15, 0.2) is 46.9 Å². The Morgan fingerprint density at radius 1 is 1.11 bits per heavy atom. The fourth-order valence-electron chi connectivity index (χ4n) is 1.80. The molecule has 0 heterocycles. The van der Waals surface area contributed by atoms with Gasteiger partial charge in [0.2, 0.25) is 0 Å². The lowest BCUT2D eigenvalue weighted by molar-refractivity contribution is 0.0696. The summed E-state index contributed by atoms with van der Waals surface area (Å²) in [6.07, 6.45) is 0. The number of halogens is 1. The topological polar surface area (TPSA) is 40.5 Å². The number of anilines is 2. The van der Waals surface area contributed by atoms with Crippen molar-refractivity contribution in [2.75, 3.05) is 11.9 Å². The molecule has 98 valence electrons. The van der Waals surface area contributed by atoms with Gasteiger partial charge in [-0.15, -0.1) is 0 Å². The number of aromatic carboxylic acids is 1. The van der Waals surface area contributed by atoms with Crippen molar-refractivity contribution < 1.29 is 9.90 Å². The summed E-state index contributed by atoms with van der Waals surface area (Å²) in [5, 5.41) is 9.00. The third kappa shape index (κ3) is 2.96. The van der Waals surface area contributed by atoms with E-state index in [0.717, 1.165) is 11.4 Å². The van der Waals surface area contributed by atoms with Gasteiger partial charge in [0.15, 0.2) is 0 Å². The first-order chi connectivity index (χ1) is 8.99. The van der Waals surface area contributed by atoms with Crippen molar-refractivity contribution in [2.24, 2.45) is 0 Å². The second kappa shape index (κ2) is 5.45. The van der Waals surface area contributed by atoms with Crippen LogP contribution in [0.2, 0.25) is 0 Å². The highest BCUT2D eigenvalue weighted by atomic mass is 79.9. The van der Waals surface area contributed by atoms with E-state index >= 15 is 0 Å². The molecule has 2 aromatic carbocycles. The number of hydrogen-bond donors (Lipinski definition) is 1. The second-order valence-electron chi connectivity index (χ2n) is 4.36. The van der Waals surface area contributed by atoms with Gasteiger partial charge in [-0.3, -0.25) is 0 Å². The molecule has 0 atom stereocenters. The summed E-state index contributed by atoms with van der Waals surface area (Å²) < 4.78 is 0.580. The van der Waals surface area contributed by atoms with Gasteiger partial charge in [-0.25, -0.2) is 4.79 Å². The van der Waals surface area contributed by atoms with Crippen molar-refractivity contribution in [3.05, 3.63) is 58.1 Å². The molecule has 0 saturated heterocycles. The fraction of sp³-hybridized carbons (Fsp3) is 0.133. The third-order valence-corrected chi connectivity index (χ3v) is 3.65. The predicted molar refractivity (Wildman–Crippen MR) is 80.3 cm³/mol. The molecule has 0 amide bonds. The predicted octanol–water partition coefficient (Wildman–Crippen LogP) is 4.22. The summed E-state index contributed by atoms with van der Waals surface area (Å²) in [7, 11) is 1.95. The molecule has 0 aromatic heterocycles. The first-order valence-electron chi connectivity index (χ1n) is 5.82. The molecular formula is C15H14BrNO2. The van der Waals surface area contributed by atoms with Crippen LogP contribution < -0.4 is 4.90 Å². The second-order valence-corrected chi connectivity index (χ2v) is 5.22. The number of carboxylic acid groups (broad SMARTS) is 1. The molecule has 0 fully saturated rings. The summed E-state index contributed by atoms with van der Waals surface area (Å²) in [6, 6.07) is 13.4. The molecule has 0 aliphatic carbocycles. The molecule has 0 radical (unpaired) electrons. The van der Waals surface area contributed by atoms with Crippen LogP contribution in [-0.4, -0.2) is 18.1 Å². The van der Waals surface area contributed by atoms with E-state index in [0.29, 0.717) is 4.47 Å². The lowest BCUT2D eigenvalue weighted by Crippen LogP contribution is -2.10. The molecule has 0 saturated carbocycles. The number of carboxylic acids is 1.